The van der Waals surface area contributed by atoms with Crippen LogP contribution in [0.15, 0.2) is 30.3 Å². The minimum atomic E-state index is -4.67. The van der Waals surface area contributed by atoms with Crippen molar-refractivity contribution in [3.8, 4) is 0 Å². The van der Waals surface area contributed by atoms with Crippen LogP contribution in [0.25, 0.3) is 0 Å². The zero-order valence-corrected chi connectivity index (χ0v) is 12.5. The van der Waals surface area contributed by atoms with Crippen LogP contribution in [0.1, 0.15) is 22.3 Å². The first-order chi connectivity index (χ1) is 10.7. The molecule has 0 N–H and O–H groups in total. The summed E-state index contributed by atoms with van der Waals surface area (Å²) in [7, 11) is 0. The average molecular weight is 323 g/mol. The molecule has 1 amide bonds. The molecule has 0 aliphatic carbocycles. The molecule has 0 atom stereocenters. The van der Waals surface area contributed by atoms with Gasteiger partial charge in [0.05, 0.1) is 17.7 Å². The number of carbonyl (C=O) groups excluding carboxylic acids is 1. The number of fused-ring (bicyclic) bond motifs is 1. The number of benzene rings is 2. The molecule has 1 aliphatic rings. The fraction of sp³-hybridized carbons (Fsp3) is 0.235. The number of halogens is 4. The Hall–Kier alpha value is -2.37. The monoisotopic (exact) mass is 323 g/mol. The Morgan fingerprint density at radius 3 is 2.17 bits per heavy atom. The van der Waals surface area contributed by atoms with Crippen molar-refractivity contribution in [1.29, 1.82) is 0 Å². The third-order valence-electron chi connectivity index (χ3n) is 3.78. The molecule has 6 heteroatoms. The first-order valence-corrected chi connectivity index (χ1v) is 6.97. The van der Waals surface area contributed by atoms with E-state index < -0.39 is 23.5 Å². The molecule has 0 saturated heterocycles. The predicted molar refractivity (Wildman–Crippen MR) is 78.2 cm³/mol. The number of anilines is 2. The van der Waals surface area contributed by atoms with Crippen LogP contribution < -0.4 is 4.90 Å². The highest BCUT2D eigenvalue weighted by Crippen LogP contribution is 2.41. The third kappa shape index (κ3) is 2.69. The number of alkyl halides is 3. The molecule has 3 rings (SSSR count). The molecular formula is C17H13F4NO. The van der Waals surface area contributed by atoms with Gasteiger partial charge >= 0.3 is 6.18 Å². The Bertz CT molecular complexity index is 791. The van der Waals surface area contributed by atoms with E-state index in [1.165, 1.54) is 0 Å². The predicted octanol–water partition coefficient (Wildman–Crippen LogP) is 4.68. The van der Waals surface area contributed by atoms with Gasteiger partial charge in [0.2, 0.25) is 5.91 Å². The summed E-state index contributed by atoms with van der Waals surface area (Å²) < 4.78 is 52.8. The molecule has 1 heterocycles. The van der Waals surface area contributed by atoms with E-state index in [1.54, 1.807) is 12.1 Å². The first kappa shape index (κ1) is 15.5. The molecule has 2 aromatic carbocycles. The lowest BCUT2D eigenvalue weighted by Crippen LogP contribution is -2.21. The largest absolute Gasteiger partial charge is 0.416 e. The minimum Gasteiger partial charge on any atom is -0.280 e. The summed E-state index contributed by atoms with van der Waals surface area (Å²) >= 11 is 0. The van der Waals surface area contributed by atoms with Gasteiger partial charge in [-0.1, -0.05) is 6.07 Å². The van der Waals surface area contributed by atoms with Gasteiger partial charge in [-0.15, -0.1) is 0 Å². The zero-order chi connectivity index (χ0) is 16.9. The molecule has 120 valence electrons. The smallest absolute Gasteiger partial charge is 0.280 e. The van der Waals surface area contributed by atoms with E-state index in [2.05, 4.69) is 0 Å². The van der Waals surface area contributed by atoms with E-state index >= 15 is 0 Å². The van der Waals surface area contributed by atoms with Crippen molar-refractivity contribution in [2.24, 2.45) is 0 Å². The van der Waals surface area contributed by atoms with Crippen LogP contribution in [-0.2, 0) is 17.4 Å². The van der Waals surface area contributed by atoms with Gasteiger partial charge in [-0.25, -0.2) is 4.39 Å². The van der Waals surface area contributed by atoms with Crippen molar-refractivity contribution >= 4 is 17.3 Å². The Kier molecular flexibility index (Phi) is 3.43. The van der Waals surface area contributed by atoms with E-state index in [4.69, 9.17) is 0 Å². The van der Waals surface area contributed by atoms with Crippen molar-refractivity contribution in [2.75, 3.05) is 4.90 Å². The number of carbonyl (C=O) groups is 1. The molecule has 0 fully saturated rings. The Balaban J connectivity index is 2.20. The first-order valence-electron chi connectivity index (χ1n) is 6.97. The van der Waals surface area contributed by atoms with Crippen molar-refractivity contribution < 1.29 is 22.4 Å². The lowest BCUT2D eigenvalue weighted by molar-refractivity contribution is -0.137. The van der Waals surface area contributed by atoms with Gasteiger partial charge in [0.1, 0.15) is 5.82 Å². The summed E-state index contributed by atoms with van der Waals surface area (Å²) in [6.45, 7) is 3.65. The van der Waals surface area contributed by atoms with Crippen LogP contribution in [0.2, 0.25) is 0 Å². The van der Waals surface area contributed by atoms with Crippen molar-refractivity contribution in [3.05, 3.63) is 58.4 Å². The highest BCUT2D eigenvalue weighted by Gasteiger charge is 2.37. The van der Waals surface area contributed by atoms with Crippen molar-refractivity contribution in [3.63, 3.8) is 0 Å². The lowest BCUT2D eigenvalue weighted by atomic mass is 10.1. The Labute approximate surface area is 130 Å². The van der Waals surface area contributed by atoms with Gasteiger partial charge < -0.3 is 0 Å². The standard InChI is InChI=1S/C17H13F4NO/c1-9-3-10(2)5-12(4-9)22-15-7-11(17(19,20)21)6-14(18)13(15)8-16(22)23/h3-7H,8H2,1-2H3. The maximum atomic E-state index is 14.0. The van der Waals surface area contributed by atoms with Crippen molar-refractivity contribution in [2.45, 2.75) is 26.4 Å². The van der Waals surface area contributed by atoms with E-state index in [9.17, 15) is 22.4 Å². The molecule has 0 unspecified atom stereocenters. The summed E-state index contributed by atoms with van der Waals surface area (Å²) in [4.78, 5) is 13.4. The maximum Gasteiger partial charge on any atom is 0.416 e. The van der Waals surface area contributed by atoms with Crippen LogP contribution in [0.3, 0.4) is 0 Å². The molecular weight excluding hydrogens is 310 g/mol. The maximum absolute atomic E-state index is 14.0. The number of aryl methyl sites for hydroxylation is 2. The van der Waals surface area contributed by atoms with Gasteiger partial charge in [-0.05, 0) is 49.2 Å². The van der Waals surface area contributed by atoms with Gasteiger partial charge in [-0.3, -0.25) is 9.69 Å². The van der Waals surface area contributed by atoms with E-state index in [-0.39, 0.29) is 17.7 Å². The molecule has 2 nitrogen and oxygen atoms in total. The van der Waals surface area contributed by atoms with Crippen LogP contribution in [0, 0.1) is 19.7 Å². The summed E-state index contributed by atoms with van der Waals surface area (Å²) in [5, 5.41) is 0. The van der Waals surface area contributed by atoms with Crippen LogP contribution in [-0.4, -0.2) is 5.91 Å². The molecule has 1 aliphatic heterocycles. The highest BCUT2D eigenvalue weighted by molar-refractivity contribution is 6.07. The van der Waals surface area contributed by atoms with Crippen molar-refractivity contribution in [1.82, 2.24) is 0 Å². The molecule has 0 aromatic heterocycles. The third-order valence-corrected chi connectivity index (χ3v) is 3.78. The number of nitrogens with zero attached hydrogens (tertiary/aromatic N) is 1. The van der Waals surface area contributed by atoms with Gasteiger partial charge in [-0.2, -0.15) is 13.2 Å². The number of hydrogen-bond donors (Lipinski definition) is 0. The molecule has 23 heavy (non-hydrogen) atoms. The van der Waals surface area contributed by atoms with E-state index in [0.717, 1.165) is 22.1 Å². The molecule has 0 spiro atoms. The summed E-state index contributed by atoms with van der Waals surface area (Å²) in [5.41, 5.74) is 1.06. The average Bonchev–Trinajstić information content (AvgIpc) is 2.73. The summed E-state index contributed by atoms with van der Waals surface area (Å²) in [6, 6.07) is 6.55. The second-order valence-electron chi connectivity index (χ2n) is 5.71. The lowest BCUT2D eigenvalue weighted by Gasteiger charge is -2.20. The van der Waals surface area contributed by atoms with Gasteiger partial charge in [0, 0.05) is 11.3 Å². The van der Waals surface area contributed by atoms with E-state index in [1.807, 2.05) is 19.9 Å². The minimum absolute atomic E-state index is 0.00200. The van der Waals surface area contributed by atoms with E-state index in [0.29, 0.717) is 11.8 Å². The summed E-state index contributed by atoms with van der Waals surface area (Å²) in [6.07, 6.45) is -4.91. The van der Waals surface area contributed by atoms with Gasteiger partial charge in [0.15, 0.2) is 0 Å². The molecule has 0 bridgehead atoms. The summed E-state index contributed by atoms with van der Waals surface area (Å²) in [5.74, 6) is -1.45. The topological polar surface area (TPSA) is 20.3 Å². The second-order valence-corrected chi connectivity index (χ2v) is 5.71. The van der Waals surface area contributed by atoms with Crippen LogP contribution in [0.4, 0.5) is 28.9 Å². The molecule has 0 radical (unpaired) electrons. The number of rotatable bonds is 1. The SMILES string of the molecule is Cc1cc(C)cc(N2C(=O)Cc3c(F)cc(C(F)(F)F)cc32)c1. The normalized spacial score (nSPS) is 14.3. The Morgan fingerprint density at radius 1 is 1.00 bits per heavy atom. The zero-order valence-electron chi connectivity index (χ0n) is 12.5. The number of amides is 1. The van der Waals surface area contributed by atoms with Crippen LogP contribution >= 0.6 is 0 Å². The second kappa shape index (κ2) is 5.08. The van der Waals surface area contributed by atoms with Crippen LogP contribution in [0.5, 0.6) is 0 Å². The fourth-order valence-corrected chi connectivity index (χ4v) is 2.89. The molecule has 2 aromatic rings. The quantitative estimate of drug-likeness (QED) is 0.698. The van der Waals surface area contributed by atoms with Gasteiger partial charge in [0.25, 0.3) is 0 Å². The fourth-order valence-electron chi connectivity index (χ4n) is 2.89. The highest BCUT2D eigenvalue weighted by atomic mass is 19.4. The molecule has 0 saturated carbocycles. The number of hydrogen-bond acceptors (Lipinski definition) is 1. The Morgan fingerprint density at radius 2 is 1.61 bits per heavy atom.